The third-order valence-corrected chi connectivity index (χ3v) is 3.34. The van der Waals surface area contributed by atoms with Crippen LogP contribution in [-0.2, 0) is 28.7 Å². The molecule has 0 bridgehead atoms. The Morgan fingerprint density at radius 2 is 0.923 bits per heavy atom. The van der Waals surface area contributed by atoms with E-state index in [1.807, 2.05) is 0 Å². The number of esters is 2. The van der Waals surface area contributed by atoms with E-state index in [0.717, 1.165) is 0 Å². The van der Waals surface area contributed by atoms with Gasteiger partial charge in [-0.3, -0.25) is 9.59 Å². The van der Waals surface area contributed by atoms with Gasteiger partial charge in [0.2, 0.25) is 12.2 Å². The van der Waals surface area contributed by atoms with Crippen molar-refractivity contribution < 1.29 is 28.7 Å². The fraction of sp³-hybridized carbons (Fsp3) is 0.111. The minimum absolute atomic E-state index is 0.288. The molecule has 2 aromatic rings. The van der Waals surface area contributed by atoms with Crippen molar-refractivity contribution in [2.75, 3.05) is 0 Å². The standard InChI is InChI=1S/C18H16N2O6/c19-15(21)13(11-7-3-1-4-8-11)25-17(23)18(24)26-14(16(20)22)12-9-5-2-6-10-12/h1-10,13-14H,(H2,19,21)(H2,20,22). The first-order chi connectivity index (χ1) is 12.4. The van der Waals surface area contributed by atoms with Crippen LogP contribution in [0.5, 0.6) is 0 Å². The number of ether oxygens (including phenoxy) is 2. The number of nitrogens with two attached hydrogens (primary N) is 2. The van der Waals surface area contributed by atoms with Gasteiger partial charge in [0.05, 0.1) is 0 Å². The molecular weight excluding hydrogens is 340 g/mol. The smallest absolute Gasteiger partial charge is 0.418 e. The molecule has 0 spiro atoms. The van der Waals surface area contributed by atoms with Gasteiger partial charge in [0.1, 0.15) is 0 Å². The first kappa shape index (κ1) is 18.7. The van der Waals surface area contributed by atoms with Gasteiger partial charge in [-0.2, -0.15) is 0 Å². The highest BCUT2D eigenvalue weighted by Crippen LogP contribution is 2.20. The average molecular weight is 356 g/mol. The molecule has 0 fully saturated rings. The molecule has 8 heteroatoms. The summed E-state index contributed by atoms with van der Waals surface area (Å²) in [7, 11) is 0. The third-order valence-electron chi connectivity index (χ3n) is 3.34. The highest BCUT2D eigenvalue weighted by molar-refractivity contribution is 6.30. The molecule has 0 saturated heterocycles. The number of hydrogen-bond donors (Lipinski definition) is 2. The second-order valence-corrected chi connectivity index (χ2v) is 5.20. The summed E-state index contributed by atoms with van der Waals surface area (Å²) in [5.41, 5.74) is 11.0. The predicted molar refractivity (Wildman–Crippen MR) is 88.9 cm³/mol. The Labute approximate surface area is 148 Å². The lowest BCUT2D eigenvalue weighted by atomic mass is 10.1. The van der Waals surface area contributed by atoms with Gasteiger partial charge in [0, 0.05) is 11.1 Å². The lowest BCUT2D eigenvalue weighted by molar-refractivity contribution is -0.176. The van der Waals surface area contributed by atoms with E-state index in [1.165, 1.54) is 24.3 Å². The van der Waals surface area contributed by atoms with E-state index in [2.05, 4.69) is 0 Å². The first-order valence-electron chi connectivity index (χ1n) is 7.50. The highest BCUT2D eigenvalue weighted by Gasteiger charge is 2.31. The zero-order valence-corrected chi connectivity index (χ0v) is 13.5. The van der Waals surface area contributed by atoms with E-state index in [4.69, 9.17) is 20.9 Å². The number of hydrogen-bond acceptors (Lipinski definition) is 6. The topological polar surface area (TPSA) is 139 Å². The van der Waals surface area contributed by atoms with E-state index in [-0.39, 0.29) is 11.1 Å². The zero-order chi connectivity index (χ0) is 19.1. The largest absolute Gasteiger partial charge is 0.439 e. The molecule has 2 aromatic carbocycles. The number of amides is 2. The van der Waals surface area contributed by atoms with E-state index in [0.29, 0.717) is 0 Å². The van der Waals surface area contributed by atoms with Gasteiger partial charge in [-0.25, -0.2) is 9.59 Å². The Bertz CT molecular complexity index is 737. The van der Waals surface area contributed by atoms with Crippen molar-refractivity contribution >= 4 is 23.8 Å². The van der Waals surface area contributed by atoms with E-state index in [9.17, 15) is 19.2 Å². The lowest BCUT2D eigenvalue weighted by Gasteiger charge is -2.17. The van der Waals surface area contributed by atoms with Crippen molar-refractivity contribution in [2.24, 2.45) is 11.5 Å². The fourth-order valence-corrected chi connectivity index (χ4v) is 2.15. The van der Waals surface area contributed by atoms with Crippen molar-refractivity contribution in [3.05, 3.63) is 71.8 Å². The molecule has 134 valence electrons. The summed E-state index contributed by atoms with van der Waals surface area (Å²) in [6.07, 6.45) is -2.94. The van der Waals surface area contributed by atoms with Gasteiger partial charge in [-0.1, -0.05) is 60.7 Å². The molecule has 2 unspecified atom stereocenters. The second kappa shape index (κ2) is 8.43. The van der Waals surface area contributed by atoms with Gasteiger partial charge in [0.25, 0.3) is 11.8 Å². The summed E-state index contributed by atoms with van der Waals surface area (Å²) < 4.78 is 9.67. The highest BCUT2D eigenvalue weighted by atomic mass is 16.6. The summed E-state index contributed by atoms with van der Waals surface area (Å²) in [6, 6.07) is 15.8. The Balaban J connectivity index is 2.11. The summed E-state index contributed by atoms with van der Waals surface area (Å²) >= 11 is 0. The van der Waals surface area contributed by atoms with Crippen molar-refractivity contribution in [3.63, 3.8) is 0 Å². The molecular formula is C18H16N2O6. The number of benzene rings is 2. The monoisotopic (exact) mass is 356 g/mol. The summed E-state index contributed by atoms with van der Waals surface area (Å²) in [5.74, 6) is -4.88. The summed E-state index contributed by atoms with van der Waals surface area (Å²) in [6.45, 7) is 0. The van der Waals surface area contributed by atoms with Crippen LogP contribution < -0.4 is 11.5 Å². The van der Waals surface area contributed by atoms with Crippen LogP contribution in [0.25, 0.3) is 0 Å². The molecule has 0 aliphatic rings. The van der Waals surface area contributed by atoms with Gasteiger partial charge in [-0.05, 0) is 0 Å². The normalized spacial score (nSPS) is 12.5. The van der Waals surface area contributed by atoms with Crippen LogP contribution in [0, 0.1) is 0 Å². The maximum Gasteiger partial charge on any atom is 0.418 e. The van der Waals surface area contributed by atoms with Crippen LogP contribution in [0.3, 0.4) is 0 Å². The predicted octanol–water partition coefficient (Wildman–Crippen LogP) is 0.526. The Morgan fingerprint density at radius 1 is 0.615 bits per heavy atom. The number of carbonyl (C=O) groups excluding carboxylic acids is 4. The second-order valence-electron chi connectivity index (χ2n) is 5.20. The summed E-state index contributed by atoms with van der Waals surface area (Å²) in [5, 5.41) is 0. The van der Waals surface area contributed by atoms with Crippen LogP contribution >= 0.6 is 0 Å². The molecule has 8 nitrogen and oxygen atoms in total. The van der Waals surface area contributed by atoms with Crippen LogP contribution in [-0.4, -0.2) is 23.8 Å². The number of carbonyl (C=O) groups is 4. The molecule has 2 amide bonds. The molecule has 0 aromatic heterocycles. The van der Waals surface area contributed by atoms with Gasteiger partial charge in [0.15, 0.2) is 0 Å². The van der Waals surface area contributed by atoms with Gasteiger partial charge < -0.3 is 20.9 Å². The van der Waals surface area contributed by atoms with E-state index in [1.54, 1.807) is 36.4 Å². The molecule has 0 radical (unpaired) electrons. The molecule has 0 aliphatic heterocycles. The molecule has 0 saturated carbocycles. The minimum atomic E-state index is -1.47. The SMILES string of the molecule is NC(=O)C(OC(=O)C(=O)OC(C(N)=O)c1ccccc1)c1ccccc1. The van der Waals surface area contributed by atoms with Crippen LogP contribution in [0.1, 0.15) is 23.3 Å². The van der Waals surface area contributed by atoms with Crippen LogP contribution in [0.4, 0.5) is 0 Å². The molecule has 4 N–H and O–H groups in total. The molecule has 2 atom stereocenters. The maximum absolute atomic E-state index is 12.0. The van der Waals surface area contributed by atoms with Gasteiger partial charge in [-0.15, -0.1) is 0 Å². The fourth-order valence-electron chi connectivity index (χ4n) is 2.15. The third kappa shape index (κ3) is 4.67. The van der Waals surface area contributed by atoms with Crippen molar-refractivity contribution in [1.82, 2.24) is 0 Å². The average Bonchev–Trinajstić information content (AvgIpc) is 2.64. The summed E-state index contributed by atoms with van der Waals surface area (Å²) in [4.78, 5) is 47.0. The van der Waals surface area contributed by atoms with E-state index >= 15 is 0 Å². The number of rotatable bonds is 6. The Kier molecular flexibility index (Phi) is 6.05. The van der Waals surface area contributed by atoms with Crippen molar-refractivity contribution in [1.29, 1.82) is 0 Å². The molecule has 0 heterocycles. The molecule has 2 rings (SSSR count). The van der Waals surface area contributed by atoms with Gasteiger partial charge >= 0.3 is 11.9 Å². The molecule has 0 aliphatic carbocycles. The van der Waals surface area contributed by atoms with Crippen LogP contribution in [0.2, 0.25) is 0 Å². The minimum Gasteiger partial charge on any atom is -0.439 e. The Morgan fingerprint density at radius 3 is 1.19 bits per heavy atom. The number of primary amides is 2. The van der Waals surface area contributed by atoms with E-state index < -0.39 is 36.0 Å². The molecule has 26 heavy (non-hydrogen) atoms. The first-order valence-corrected chi connectivity index (χ1v) is 7.50. The maximum atomic E-state index is 12.0. The zero-order valence-electron chi connectivity index (χ0n) is 13.5. The Hall–Kier alpha value is -3.68. The quantitative estimate of drug-likeness (QED) is 0.571. The van der Waals surface area contributed by atoms with Crippen LogP contribution in [0.15, 0.2) is 60.7 Å². The van der Waals surface area contributed by atoms with Crippen molar-refractivity contribution in [2.45, 2.75) is 12.2 Å². The van der Waals surface area contributed by atoms with Crippen molar-refractivity contribution in [3.8, 4) is 0 Å². The lowest BCUT2D eigenvalue weighted by Crippen LogP contribution is -2.33.